The van der Waals surface area contributed by atoms with E-state index < -0.39 is 16.6 Å². The minimum absolute atomic E-state index is 0.115. The fourth-order valence-electron chi connectivity index (χ4n) is 2.96. The van der Waals surface area contributed by atoms with Gasteiger partial charge in [0.2, 0.25) is 0 Å². The summed E-state index contributed by atoms with van der Waals surface area (Å²) in [6.45, 7) is 1.90. The summed E-state index contributed by atoms with van der Waals surface area (Å²) in [4.78, 5) is 23.2. The lowest BCUT2D eigenvalue weighted by molar-refractivity contribution is -0.384. The Morgan fingerprint density at radius 3 is 2.41 bits per heavy atom. The van der Waals surface area contributed by atoms with Gasteiger partial charge in [0.15, 0.2) is 5.72 Å². The second kappa shape index (κ2) is 7.16. The average molecular weight is 369 g/mol. The number of nitrogens with zero attached hydrogens (tertiary/aromatic N) is 3. The van der Waals surface area contributed by atoms with Crippen molar-refractivity contribution in [3.63, 3.8) is 0 Å². The molecule has 2 aromatic carbocycles. The molecule has 2 aromatic rings. The third kappa shape index (κ3) is 3.39. The smallest absolute Gasteiger partial charge is 0.276 e. The number of methoxy groups -OCH3 is 1. The van der Waals surface area contributed by atoms with Crippen LogP contribution in [0.5, 0.6) is 5.75 Å². The molecule has 1 heterocycles. The van der Waals surface area contributed by atoms with E-state index in [9.17, 15) is 20.0 Å². The molecule has 1 aliphatic rings. The van der Waals surface area contributed by atoms with Crippen LogP contribution in [0.3, 0.4) is 0 Å². The quantitative estimate of drug-likeness (QED) is 0.644. The molecule has 1 atom stereocenters. The lowest BCUT2D eigenvalue weighted by atomic mass is 9.96. The van der Waals surface area contributed by atoms with Crippen molar-refractivity contribution in [1.82, 2.24) is 5.01 Å². The number of hydrogen-bond donors (Lipinski definition) is 1. The maximum Gasteiger partial charge on any atom is 0.276 e. The molecule has 0 aliphatic carbocycles. The molecule has 1 N–H and O–H groups in total. The Labute approximate surface area is 155 Å². The van der Waals surface area contributed by atoms with Gasteiger partial charge in [-0.25, -0.2) is 0 Å². The minimum atomic E-state index is -1.63. The number of nitro groups is 1. The van der Waals surface area contributed by atoms with Gasteiger partial charge in [-0.1, -0.05) is 19.1 Å². The molecular weight excluding hydrogens is 350 g/mol. The molecule has 8 nitrogen and oxygen atoms in total. The molecule has 0 aromatic heterocycles. The minimum Gasteiger partial charge on any atom is -0.497 e. The van der Waals surface area contributed by atoms with Gasteiger partial charge < -0.3 is 9.84 Å². The van der Waals surface area contributed by atoms with E-state index in [4.69, 9.17) is 4.74 Å². The van der Waals surface area contributed by atoms with Crippen molar-refractivity contribution in [2.75, 3.05) is 7.11 Å². The van der Waals surface area contributed by atoms with Gasteiger partial charge in [-0.3, -0.25) is 14.9 Å². The van der Waals surface area contributed by atoms with Crippen molar-refractivity contribution in [2.45, 2.75) is 25.5 Å². The maximum atomic E-state index is 13.0. The molecule has 0 bridgehead atoms. The lowest BCUT2D eigenvalue weighted by Gasteiger charge is -2.31. The summed E-state index contributed by atoms with van der Waals surface area (Å²) < 4.78 is 5.14. The molecule has 27 heavy (non-hydrogen) atoms. The van der Waals surface area contributed by atoms with Crippen molar-refractivity contribution in [3.05, 3.63) is 69.8 Å². The molecule has 0 radical (unpaired) electrons. The highest BCUT2D eigenvalue weighted by Crippen LogP contribution is 2.37. The van der Waals surface area contributed by atoms with Gasteiger partial charge >= 0.3 is 0 Å². The van der Waals surface area contributed by atoms with Gasteiger partial charge in [0, 0.05) is 35.4 Å². The Kier molecular flexibility index (Phi) is 4.91. The number of ether oxygens (including phenoxy) is 1. The second-order valence-corrected chi connectivity index (χ2v) is 6.16. The Bertz CT molecular complexity index is 893. The average Bonchev–Trinajstić information content (AvgIpc) is 3.05. The normalized spacial score (nSPS) is 18.9. The molecule has 140 valence electrons. The number of carbonyl (C=O) groups is 1. The third-order valence-corrected chi connectivity index (χ3v) is 4.52. The largest absolute Gasteiger partial charge is 0.497 e. The first-order chi connectivity index (χ1) is 12.9. The van der Waals surface area contributed by atoms with Crippen LogP contribution in [0.25, 0.3) is 0 Å². The van der Waals surface area contributed by atoms with E-state index >= 15 is 0 Å². The molecule has 0 saturated heterocycles. The van der Waals surface area contributed by atoms with Crippen molar-refractivity contribution >= 4 is 17.3 Å². The number of amides is 1. The molecule has 1 aliphatic heterocycles. The number of nitro benzene ring substituents is 1. The summed E-state index contributed by atoms with van der Waals surface area (Å²) in [6, 6.07) is 12.0. The van der Waals surface area contributed by atoms with Gasteiger partial charge in [-0.2, -0.15) is 10.1 Å². The SMILES string of the molecule is CCC1=NN(C(=O)c2ccc([N+](=O)[O-])cc2)[C@@](O)(c2ccc(OC)cc2)C1. The zero-order valence-electron chi connectivity index (χ0n) is 15.0. The van der Waals surface area contributed by atoms with E-state index in [0.717, 1.165) is 5.01 Å². The monoisotopic (exact) mass is 369 g/mol. The van der Waals surface area contributed by atoms with Crippen LogP contribution in [-0.4, -0.2) is 33.8 Å². The van der Waals surface area contributed by atoms with Crippen LogP contribution in [0, 0.1) is 10.1 Å². The van der Waals surface area contributed by atoms with Crippen molar-refractivity contribution in [2.24, 2.45) is 5.10 Å². The van der Waals surface area contributed by atoms with Crippen molar-refractivity contribution in [3.8, 4) is 5.75 Å². The number of hydrazone groups is 1. The summed E-state index contributed by atoms with van der Waals surface area (Å²) in [7, 11) is 1.54. The third-order valence-electron chi connectivity index (χ3n) is 4.52. The maximum absolute atomic E-state index is 13.0. The van der Waals surface area contributed by atoms with E-state index in [2.05, 4.69) is 5.10 Å². The summed E-state index contributed by atoms with van der Waals surface area (Å²) in [5, 5.41) is 27.5. The molecule has 3 rings (SSSR count). The van der Waals surface area contributed by atoms with Crippen LogP contribution in [-0.2, 0) is 5.72 Å². The van der Waals surface area contributed by atoms with E-state index in [1.165, 1.54) is 24.3 Å². The first kappa shape index (κ1) is 18.5. The molecule has 8 heteroatoms. The molecule has 0 spiro atoms. The number of aliphatic hydroxyl groups is 1. The van der Waals surface area contributed by atoms with Gasteiger partial charge in [0.05, 0.1) is 12.0 Å². The Hall–Kier alpha value is -3.26. The highest BCUT2D eigenvalue weighted by Gasteiger charge is 2.45. The number of benzene rings is 2. The molecule has 0 saturated carbocycles. The van der Waals surface area contributed by atoms with Crippen LogP contribution in [0.1, 0.15) is 35.7 Å². The Balaban J connectivity index is 1.97. The fourth-order valence-corrected chi connectivity index (χ4v) is 2.96. The molecule has 0 fully saturated rings. The summed E-state index contributed by atoms with van der Waals surface area (Å²) in [6.07, 6.45) is 0.775. The Morgan fingerprint density at radius 2 is 1.89 bits per heavy atom. The van der Waals surface area contributed by atoms with Gasteiger partial charge in [-0.15, -0.1) is 0 Å². The zero-order valence-corrected chi connectivity index (χ0v) is 15.0. The first-order valence-electron chi connectivity index (χ1n) is 8.41. The Morgan fingerprint density at radius 1 is 1.26 bits per heavy atom. The number of carbonyl (C=O) groups excluding carboxylic acids is 1. The van der Waals surface area contributed by atoms with Crippen LogP contribution in [0.15, 0.2) is 53.6 Å². The predicted octanol–water partition coefficient (Wildman–Crippen LogP) is 3.06. The summed E-state index contributed by atoms with van der Waals surface area (Å²) >= 11 is 0. The zero-order chi connectivity index (χ0) is 19.6. The van der Waals surface area contributed by atoms with Crippen molar-refractivity contribution < 1.29 is 19.6 Å². The van der Waals surface area contributed by atoms with E-state index in [1.807, 2.05) is 6.92 Å². The first-order valence-corrected chi connectivity index (χ1v) is 8.41. The summed E-state index contributed by atoms with van der Waals surface area (Å²) in [5.74, 6) is 0.0943. The highest BCUT2D eigenvalue weighted by molar-refractivity contribution is 5.98. The number of rotatable bonds is 5. The number of non-ortho nitro benzene ring substituents is 1. The van der Waals surface area contributed by atoms with Gasteiger partial charge in [0.25, 0.3) is 11.6 Å². The second-order valence-electron chi connectivity index (χ2n) is 6.16. The lowest BCUT2D eigenvalue weighted by Crippen LogP contribution is -2.43. The van der Waals surface area contributed by atoms with Gasteiger partial charge in [0.1, 0.15) is 5.75 Å². The van der Waals surface area contributed by atoms with E-state index in [-0.39, 0.29) is 17.7 Å². The predicted molar refractivity (Wildman–Crippen MR) is 98.5 cm³/mol. The van der Waals surface area contributed by atoms with Crippen LogP contribution in [0.2, 0.25) is 0 Å². The van der Waals surface area contributed by atoms with E-state index in [0.29, 0.717) is 23.4 Å². The van der Waals surface area contributed by atoms with E-state index in [1.54, 1.807) is 31.4 Å². The number of hydrogen-bond acceptors (Lipinski definition) is 6. The molecular formula is C19H19N3O5. The van der Waals surface area contributed by atoms with Crippen molar-refractivity contribution in [1.29, 1.82) is 0 Å². The topological polar surface area (TPSA) is 105 Å². The standard InChI is InChI=1S/C19H19N3O5/c1-3-15-12-19(24,14-6-10-17(27-2)11-7-14)21(20-15)18(23)13-4-8-16(9-5-13)22(25)26/h4-11,24H,3,12H2,1-2H3/t19-/m0/s1. The highest BCUT2D eigenvalue weighted by atomic mass is 16.6. The van der Waals surface area contributed by atoms with Crippen LogP contribution in [0.4, 0.5) is 5.69 Å². The van der Waals surface area contributed by atoms with Gasteiger partial charge in [-0.05, 0) is 30.7 Å². The van der Waals surface area contributed by atoms with Crippen LogP contribution >= 0.6 is 0 Å². The van der Waals surface area contributed by atoms with Crippen LogP contribution < -0.4 is 4.74 Å². The molecule has 1 amide bonds. The molecule has 0 unspecified atom stereocenters. The summed E-state index contributed by atoms with van der Waals surface area (Å²) in [5.41, 5.74) is -0.352. The fraction of sp³-hybridized carbons (Fsp3) is 0.263.